The quantitative estimate of drug-likeness (QED) is 0.337. The van der Waals surface area contributed by atoms with Crippen LogP contribution in [0.4, 0.5) is 18.9 Å². The molecule has 11 heteroatoms. The maximum Gasteiger partial charge on any atom is 0.491 e. The average Bonchev–Trinajstić information content (AvgIpc) is 2.83. The maximum absolute atomic E-state index is 13.2. The van der Waals surface area contributed by atoms with Crippen LogP contribution in [0.15, 0.2) is 18.2 Å². The van der Waals surface area contributed by atoms with Crippen LogP contribution in [0, 0.1) is 5.92 Å². The molecule has 0 bridgehead atoms. The SMILES string of the molecule is CC(CN1CC(=O)N(C)c2ccc(CCCCCCN)cc2C1=O)C(=O)OC(=O)C(F)(F)F. The van der Waals surface area contributed by atoms with E-state index in [1.165, 1.54) is 18.9 Å². The Labute approximate surface area is 189 Å². The summed E-state index contributed by atoms with van der Waals surface area (Å²) in [5, 5.41) is 0. The van der Waals surface area contributed by atoms with Gasteiger partial charge in [0.15, 0.2) is 0 Å². The molecule has 0 aromatic heterocycles. The molecule has 2 N–H and O–H groups in total. The van der Waals surface area contributed by atoms with E-state index in [0.717, 1.165) is 42.6 Å². The third-order valence-electron chi connectivity index (χ3n) is 5.38. The number of unbranched alkanes of at least 4 members (excludes halogenated alkanes) is 3. The number of carbonyl (C=O) groups is 4. The monoisotopic (exact) mass is 471 g/mol. The van der Waals surface area contributed by atoms with Crippen molar-refractivity contribution in [3.05, 3.63) is 29.3 Å². The molecule has 0 fully saturated rings. The summed E-state index contributed by atoms with van der Waals surface area (Å²) in [7, 11) is 1.52. The highest BCUT2D eigenvalue weighted by Gasteiger charge is 2.43. The highest BCUT2D eigenvalue weighted by Crippen LogP contribution is 2.27. The van der Waals surface area contributed by atoms with Crippen LogP contribution in [0.1, 0.15) is 48.5 Å². The van der Waals surface area contributed by atoms with E-state index in [2.05, 4.69) is 4.74 Å². The van der Waals surface area contributed by atoms with Gasteiger partial charge in [0.25, 0.3) is 5.91 Å². The number of nitrogens with two attached hydrogens (primary N) is 1. The Kier molecular flexibility index (Phi) is 8.98. The number of benzene rings is 1. The number of ether oxygens (including phenoxy) is 1. The number of hydrogen-bond donors (Lipinski definition) is 1. The highest BCUT2D eigenvalue weighted by molar-refractivity contribution is 6.09. The van der Waals surface area contributed by atoms with E-state index in [9.17, 15) is 32.3 Å². The average molecular weight is 471 g/mol. The fourth-order valence-electron chi connectivity index (χ4n) is 3.48. The number of amides is 2. The van der Waals surface area contributed by atoms with Gasteiger partial charge < -0.3 is 20.3 Å². The second kappa shape index (κ2) is 11.3. The molecule has 1 unspecified atom stereocenters. The second-order valence-electron chi connectivity index (χ2n) is 8.05. The van der Waals surface area contributed by atoms with Crippen molar-refractivity contribution >= 4 is 29.4 Å². The zero-order valence-electron chi connectivity index (χ0n) is 18.6. The molecule has 182 valence electrons. The molecule has 1 atom stereocenters. The first kappa shape index (κ1) is 26.3. The van der Waals surface area contributed by atoms with Gasteiger partial charge in [-0.2, -0.15) is 13.2 Å². The van der Waals surface area contributed by atoms with E-state index in [0.29, 0.717) is 12.2 Å². The number of halogens is 3. The van der Waals surface area contributed by atoms with Crippen LogP contribution in [0.2, 0.25) is 0 Å². The van der Waals surface area contributed by atoms with Crippen molar-refractivity contribution in [3.8, 4) is 0 Å². The van der Waals surface area contributed by atoms with Crippen LogP contribution in [-0.2, 0) is 25.5 Å². The summed E-state index contributed by atoms with van der Waals surface area (Å²) in [6.07, 6.45) is -0.738. The van der Waals surface area contributed by atoms with Gasteiger partial charge >= 0.3 is 18.1 Å². The smallest absolute Gasteiger partial charge is 0.386 e. The molecule has 0 saturated carbocycles. The fraction of sp³-hybridized carbons (Fsp3) is 0.545. The summed E-state index contributed by atoms with van der Waals surface area (Å²) in [6.45, 7) is 1.10. The van der Waals surface area contributed by atoms with Crippen molar-refractivity contribution in [2.75, 3.05) is 31.6 Å². The summed E-state index contributed by atoms with van der Waals surface area (Å²) in [4.78, 5) is 51.0. The number of fused-ring (bicyclic) bond motifs is 1. The van der Waals surface area contributed by atoms with E-state index in [-0.39, 0.29) is 18.7 Å². The van der Waals surface area contributed by atoms with E-state index in [1.807, 2.05) is 6.07 Å². The van der Waals surface area contributed by atoms with Crippen LogP contribution in [0.25, 0.3) is 0 Å². The molecule has 0 saturated heterocycles. The Balaban J connectivity index is 2.16. The molecule has 2 amide bonds. The molecule has 0 aliphatic carbocycles. The summed E-state index contributed by atoms with van der Waals surface area (Å²) in [5.41, 5.74) is 7.06. The topological polar surface area (TPSA) is 110 Å². The van der Waals surface area contributed by atoms with Gasteiger partial charge in [-0.05, 0) is 43.5 Å². The number of carbonyl (C=O) groups excluding carboxylic acids is 4. The molecule has 1 aliphatic rings. The number of aryl methyl sites for hydroxylation is 1. The zero-order valence-corrected chi connectivity index (χ0v) is 18.6. The van der Waals surface area contributed by atoms with Crippen LogP contribution >= 0.6 is 0 Å². The van der Waals surface area contributed by atoms with Gasteiger partial charge in [0, 0.05) is 13.6 Å². The molecule has 33 heavy (non-hydrogen) atoms. The number of likely N-dealkylation sites (N-methyl/N-ethyl adjacent to an activating group) is 1. The highest BCUT2D eigenvalue weighted by atomic mass is 19.4. The minimum Gasteiger partial charge on any atom is -0.386 e. The van der Waals surface area contributed by atoms with Gasteiger partial charge in [-0.1, -0.05) is 25.8 Å². The molecule has 8 nitrogen and oxygen atoms in total. The first-order valence-electron chi connectivity index (χ1n) is 10.7. The van der Waals surface area contributed by atoms with Gasteiger partial charge in [-0.15, -0.1) is 0 Å². The Hall–Kier alpha value is -2.95. The molecule has 1 aliphatic heterocycles. The maximum atomic E-state index is 13.2. The van der Waals surface area contributed by atoms with Gasteiger partial charge in [-0.25, -0.2) is 4.79 Å². The van der Waals surface area contributed by atoms with Crippen LogP contribution in [0.5, 0.6) is 0 Å². The van der Waals surface area contributed by atoms with E-state index >= 15 is 0 Å². The van der Waals surface area contributed by atoms with Gasteiger partial charge in [-0.3, -0.25) is 14.4 Å². The molecule has 1 aromatic rings. The van der Waals surface area contributed by atoms with Crippen molar-refractivity contribution in [2.24, 2.45) is 11.7 Å². The lowest BCUT2D eigenvalue weighted by molar-refractivity contribution is -0.203. The number of nitrogens with zero attached hydrogens (tertiary/aromatic N) is 2. The third-order valence-corrected chi connectivity index (χ3v) is 5.38. The molecule has 1 aromatic carbocycles. The lowest BCUT2D eigenvalue weighted by atomic mass is 10.0. The number of anilines is 1. The van der Waals surface area contributed by atoms with Crippen LogP contribution < -0.4 is 10.6 Å². The number of rotatable bonds is 9. The van der Waals surface area contributed by atoms with Crippen molar-refractivity contribution in [2.45, 2.75) is 45.2 Å². The van der Waals surface area contributed by atoms with E-state index < -0.39 is 35.8 Å². The first-order chi connectivity index (χ1) is 15.5. The summed E-state index contributed by atoms with van der Waals surface area (Å²) < 4.78 is 40.9. The molecule has 0 radical (unpaired) electrons. The first-order valence-corrected chi connectivity index (χ1v) is 10.7. The Morgan fingerprint density at radius 3 is 2.45 bits per heavy atom. The van der Waals surface area contributed by atoms with E-state index in [4.69, 9.17) is 5.73 Å². The zero-order chi connectivity index (χ0) is 24.8. The summed E-state index contributed by atoms with van der Waals surface area (Å²) >= 11 is 0. The fourth-order valence-corrected chi connectivity index (χ4v) is 3.48. The minimum absolute atomic E-state index is 0.259. The molecule has 2 rings (SSSR count). The lowest BCUT2D eigenvalue weighted by Gasteiger charge is -2.23. The van der Waals surface area contributed by atoms with Gasteiger partial charge in [0.2, 0.25) is 5.91 Å². The number of alkyl halides is 3. The minimum atomic E-state index is -5.31. The molecular formula is C22H28F3N3O5. The van der Waals surface area contributed by atoms with Crippen LogP contribution in [-0.4, -0.2) is 61.5 Å². The Morgan fingerprint density at radius 2 is 1.82 bits per heavy atom. The van der Waals surface area contributed by atoms with Crippen molar-refractivity contribution < 1.29 is 37.1 Å². The largest absolute Gasteiger partial charge is 0.491 e. The molecule has 0 spiro atoms. The molecular weight excluding hydrogens is 443 g/mol. The predicted octanol–water partition coefficient (Wildman–Crippen LogP) is 2.43. The second-order valence-corrected chi connectivity index (χ2v) is 8.05. The van der Waals surface area contributed by atoms with Gasteiger partial charge in [0.05, 0.1) is 17.2 Å². The van der Waals surface area contributed by atoms with Crippen molar-refractivity contribution in [1.29, 1.82) is 0 Å². The summed E-state index contributed by atoms with van der Waals surface area (Å²) in [5.74, 6) is -6.27. The Morgan fingerprint density at radius 1 is 1.15 bits per heavy atom. The number of hydrogen-bond acceptors (Lipinski definition) is 6. The number of esters is 2. The van der Waals surface area contributed by atoms with Crippen molar-refractivity contribution in [3.63, 3.8) is 0 Å². The standard InChI is InChI=1S/C22H28F3N3O5/c1-14(20(31)33-21(32)22(23,24)25)12-28-13-18(29)27(2)17-9-8-15(11-16(17)19(28)30)7-5-3-4-6-10-26/h8-9,11,14H,3-7,10,12-13,26H2,1-2H3. The summed E-state index contributed by atoms with van der Waals surface area (Å²) in [6, 6.07) is 5.22. The molecule has 1 heterocycles. The van der Waals surface area contributed by atoms with E-state index in [1.54, 1.807) is 12.1 Å². The normalized spacial score (nSPS) is 15.2. The van der Waals surface area contributed by atoms with Crippen LogP contribution in [0.3, 0.4) is 0 Å². The van der Waals surface area contributed by atoms with Gasteiger partial charge in [0.1, 0.15) is 6.54 Å². The Bertz CT molecular complexity index is 904. The lowest BCUT2D eigenvalue weighted by Crippen LogP contribution is -2.42. The third kappa shape index (κ3) is 7.01. The predicted molar refractivity (Wildman–Crippen MR) is 113 cm³/mol. The van der Waals surface area contributed by atoms with Crippen molar-refractivity contribution in [1.82, 2.24) is 4.90 Å².